The number of aromatic amines is 1. The van der Waals surface area contributed by atoms with Gasteiger partial charge >= 0.3 is 0 Å². The molecular weight excluding hydrogens is 382 g/mol. The number of hydrogen-bond acceptors (Lipinski definition) is 5. The minimum Gasteiger partial charge on any atom is -0.451 e. The van der Waals surface area contributed by atoms with E-state index in [9.17, 15) is 9.59 Å². The van der Waals surface area contributed by atoms with Crippen LogP contribution >= 0.6 is 0 Å². The number of fused-ring (bicyclic) bond motifs is 1. The molecule has 0 unspecified atom stereocenters. The average molecular weight is 405 g/mol. The van der Waals surface area contributed by atoms with Crippen LogP contribution in [-0.2, 0) is 0 Å². The van der Waals surface area contributed by atoms with Crippen LogP contribution in [0.4, 0.5) is 0 Å². The van der Waals surface area contributed by atoms with Gasteiger partial charge < -0.3 is 19.2 Å². The van der Waals surface area contributed by atoms with Gasteiger partial charge in [-0.3, -0.25) is 9.59 Å². The summed E-state index contributed by atoms with van der Waals surface area (Å²) in [5, 5.41) is 0. The molecule has 3 atom stereocenters. The van der Waals surface area contributed by atoms with Gasteiger partial charge in [0.1, 0.15) is 17.8 Å². The fraction of sp³-hybridized carbons (Fsp3) is 0.364. The molecule has 0 saturated carbocycles. The lowest BCUT2D eigenvalue weighted by atomic mass is 9.87. The zero-order chi connectivity index (χ0) is 20.8. The highest BCUT2D eigenvalue weighted by molar-refractivity contribution is 5.93. The van der Waals surface area contributed by atoms with Crippen LogP contribution in [0.2, 0.25) is 0 Å². The zero-order valence-corrected chi connectivity index (χ0v) is 16.9. The number of aromatic nitrogens is 3. The molecule has 5 rings (SSSR count). The van der Waals surface area contributed by atoms with Gasteiger partial charge in [-0.15, -0.1) is 0 Å². The number of likely N-dealkylation sites (tertiary alicyclic amines) is 2. The SMILES string of the molecule is Cc1ncc(C(=O)N2C[C@@H]3CN(C(=O)c4cocn4)C[C@@H]3[C@H]2c2ccccc2C)[nH]1. The average Bonchev–Trinajstić information content (AvgIpc) is 3.51. The predicted molar refractivity (Wildman–Crippen MR) is 108 cm³/mol. The van der Waals surface area contributed by atoms with Gasteiger partial charge in [0.15, 0.2) is 12.1 Å². The van der Waals surface area contributed by atoms with Gasteiger partial charge in [0.05, 0.1) is 12.2 Å². The van der Waals surface area contributed by atoms with Crippen molar-refractivity contribution in [2.75, 3.05) is 19.6 Å². The minimum atomic E-state index is -0.122. The summed E-state index contributed by atoms with van der Waals surface area (Å²) in [6.07, 6.45) is 4.25. The van der Waals surface area contributed by atoms with Crippen LogP contribution in [0.15, 0.2) is 47.5 Å². The van der Waals surface area contributed by atoms with Crippen LogP contribution in [0.5, 0.6) is 0 Å². The van der Waals surface area contributed by atoms with Crippen molar-refractivity contribution >= 4 is 11.8 Å². The lowest BCUT2D eigenvalue weighted by Crippen LogP contribution is -2.38. The van der Waals surface area contributed by atoms with Crippen molar-refractivity contribution in [1.82, 2.24) is 24.8 Å². The molecule has 3 aromatic rings. The highest BCUT2D eigenvalue weighted by atomic mass is 16.3. The molecule has 8 heteroatoms. The second-order valence-electron chi connectivity index (χ2n) is 8.15. The second-order valence-corrected chi connectivity index (χ2v) is 8.15. The summed E-state index contributed by atoms with van der Waals surface area (Å²) in [6, 6.07) is 8.07. The molecule has 2 aromatic heterocycles. The second kappa shape index (κ2) is 7.12. The Morgan fingerprint density at radius 3 is 2.63 bits per heavy atom. The van der Waals surface area contributed by atoms with E-state index in [0.717, 1.165) is 17.0 Å². The Labute approximate surface area is 173 Å². The maximum Gasteiger partial charge on any atom is 0.275 e. The molecule has 30 heavy (non-hydrogen) atoms. The van der Waals surface area contributed by atoms with Crippen molar-refractivity contribution in [2.45, 2.75) is 19.9 Å². The largest absolute Gasteiger partial charge is 0.451 e. The normalized spacial score (nSPS) is 23.1. The molecule has 8 nitrogen and oxygen atoms in total. The molecule has 154 valence electrons. The summed E-state index contributed by atoms with van der Waals surface area (Å²) >= 11 is 0. The standard InChI is InChI=1S/C22H23N5O3/c1-13-5-3-4-6-16(13)20-17-10-26(21(28)19-11-30-12-24-19)8-15(17)9-27(20)22(29)18-7-23-14(2)25-18/h3-7,11-12,15,17,20H,8-10H2,1-2H3,(H,23,25)/t15-,17-,20+/m0/s1. The summed E-state index contributed by atoms with van der Waals surface area (Å²) in [7, 11) is 0. The molecule has 2 amide bonds. The molecule has 1 N–H and O–H groups in total. The maximum absolute atomic E-state index is 13.3. The summed E-state index contributed by atoms with van der Waals surface area (Å²) in [5.41, 5.74) is 3.10. The number of nitrogens with zero attached hydrogens (tertiary/aromatic N) is 4. The van der Waals surface area contributed by atoms with E-state index in [2.05, 4.69) is 34.0 Å². The highest BCUT2D eigenvalue weighted by Gasteiger charge is 2.50. The first-order chi connectivity index (χ1) is 14.5. The molecule has 2 saturated heterocycles. The van der Waals surface area contributed by atoms with E-state index in [1.807, 2.05) is 28.9 Å². The fourth-order valence-corrected chi connectivity index (χ4v) is 4.90. The first-order valence-corrected chi connectivity index (χ1v) is 10.1. The van der Waals surface area contributed by atoms with E-state index in [1.165, 1.54) is 12.7 Å². The summed E-state index contributed by atoms with van der Waals surface area (Å²) in [6.45, 7) is 5.69. The quantitative estimate of drug-likeness (QED) is 0.723. The van der Waals surface area contributed by atoms with Crippen molar-refractivity contribution in [2.24, 2.45) is 11.8 Å². The van der Waals surface area contributed by atoms with E-state index in [4.69, 9.17) is 4.42 Å². The number of carbonyl (C=O) groups excluding carboxylic acids is 2. The zero-order valence-electron chi connectivity index (χ0n) is 16.9. The van der Waals surface area contributed by atoms with Crippen molar-refractivity contribution in [3.8, 4) is 0 Å². The highest BCUT2D eigenvalue weighted by Crippen LogP contribution is 2.46. The lowest BCUT2D eigenvalue weighted by Gasteiger charge is -2.30. The van der Waals surface area contributed by atoms with Gasteiger partial charge in [-0.25, -0.2) is 9.97 Å². The third-order valence-electron chi connectivity index (χ3n) is 6.30. The maximum atomic E-state index is 13.3. The molecule has 0 spiro atoms. The van der Waals surface area contributed by atoms with Crippen LogP contribution in [0.1, 0.15) is 44.0 Å². The third-order valence-corrected chi connectivity index (χ3v) is 6.30. The number of carbonyl (C=O) groups is 2. The minimum absolute atomic E-state index is 0.0485. The smallest absolute Gasteiger partial charge is 0.275 e. The number of benzene rings is 1. The van der Waals surface area contributed by atoms with Crippen molar-refractivity contribution in [3.05, 3.63) is 71.5 Å². The Balaban J connectivity index is 1.47. The van der Waals surface area contributed by atoms with Gasteiger partial charge in [0.2, 0.25) is 0 Å². The van der Waals surface area contributed by atoms with E-state index in [1.54, 1.807) is 6.20 Å². The van der Waals surface area contributed by atoms with Gasteiger partial charge in [-0.2, -0.15) is 0 Å². The molecule has 0 bridgehead atoms. The van der Waals surface area contributed by atoms with Crippen molar-refractivity contribution in [3.63, 3.8) is 0 Å². The first kappa shape index (κ1) is 18.6. The Bertz CT molecular complexity index is 1090. The predicted octanol–water partition coefficient (Wildman–Crippen LogP) is 2.60. The summed E-state index contributed by atoms with van der Waals surface area (Å²) in [5.74, 6) is 0.916. The molecule has 1 aromatic carbocycles. The van der Waals surface area contributed by atoms with E-state index >= 15 is 0 Å². The molecule has 2 aliphatic rings. The van der Waals surface area contributed by atoms with Crippen LogP contribution in [0.3, 0.4) is 0 Å². The first-order valence-electron chi connectivity index (χ1n) is 10.1. The number of aryl methyl sites for hydroxylation is 2. The topological polar surface area (TPSA) is 95.3 Å². The number of oxazole rings is 1. The van der Waals surface area contributed by atoms with Crippen LogP contribution < -0.4 is 0 Å². The summed E-state index contributed by atoms with van der Waals surface area (Å²) < 4.78 is 4.97. The van der Waals surface area contributed by atoms with Crippen LogP contribution in [0.25, 0.3) is 0 Å². The Morgan fingerprint density at radius 1 is 1.10 bits per heavy atom. The number of rotatable bonds is 3. The number of amides is 2. The number of nitrogens with one attached hydrogen (secondary N) is 1. The molecule has 0 radical (unpaired) electrons. The number of hydrogen-bond donors (Lipinski definition) is 1. The van der Waals surface area contributed by atoms with Gasteiger partial charge in [-0.1, -0.05) is 24.3 Å². The van der Waals surface area contributed by atoms with Gasteiger partial charge in [-0.05, 0) is 25.0 Å². The fourth-order valence-electron chi connectivity index (χ4n) is 4.90. The molecule has 2 fully saturated rings. The van der Waals surface area contributed by atoms with E-state index in [0.29, 0.717) is 31.0 Å². The monoisotopic (exact) mass is 405 g/mol. The Hall–Kier alpha value is -3.42. The van der Waals surface area contributed by atoms with E-state index in [-0.39, 0.29) is 29.7 Å². The number of H-pyrrole nitrogens is 1. The Morgan fingerprint density at radius 2 is 1.93 bits per heavy atom. The number of imidazole rings is 1. The summed E-state index contributed by atoms with van der Waals surface area (Å²) in [4.78, 5) is 41.2. The molecule has 2 aliphatic heterocycles. The van der Waals surface area contributed by atoms with Gasteiger partial charge in [0, 0.05) is 31.5 Å². The van der Waals surface area contributed by atoms with Crippen molar-refractivity contribution in [1.29, 1.82) is 0 Å². The van der Waals surface area contributed by atoms with E-state index < -0.39 is 0 Å². The van der Waals surface area contributed by atoms with Crippen LogP contribution in [-0.4, -0.2) is 56.2 Å². The third kappa shape index (κ3) is 2.99. The molecule has 4 heterocycles. The molecular formula is C22H23N5O3. The molecule has 0 aliphatic carbocycles. The van der Waals surface area contributed by atoms with Crippen LogP contribution in [0, 0.1) is 25.7 Å². The van der Waals surface area contributed by atoms with Gasteiger partial charge in [0.25, 0.3) is 11.8 Å². The Kier molecular flexibility index (Phi) is 4.42. The van der Waals surface area contributed by atoms with Crippen molar-refractivity contribution < 1.29 is 14.0 Å². The lowest BCUT2D eigenvalue weighted by molar-refractivity contribution is 0.0670.